The zero-order valence-corrected chi connectivity index (χ0v) is 63.0. The second kappa shape index (κ2) is 40.0. The van der Waals surface area contributed by atoms with Gasteiger partial charge in [-0.05, 0) is 133 Å². The molecule has 0 spiro atoms. The number of hydrogen-bond acceptors (Lipinski definition) is 4. The molecule has 5 nitrogen and oxygen atoms in total. The van der Waals surface area contributed by atoms with Crippen LogP contribution in [0.5, 0.6) is 5.75 Å². The molecule has 2 N–H and O–H groups in total. The van der Waals surface area contributed by atoms with E-state index in [4.69, 9.17) is 5.73 Å². The monoisotopic (exact) mass is 1530 g/mol. The quantitative estimate of drug-likeness (QED) is 0.0729. The Morgan fingerprint density at radius 1 is 0.324 bits per heavy atom. The number of nitrogens with zero attached hydrogens (tertiary/aromatic N) is 3. The molecule has 16 aromatic rings. The van der Waals surface area contributed by atoms with Gasteiger partial charge in [0, 0.05) is 61.6 Å². The average Bonchev–Trinajstić information content (AvgIpc) is 1.62. The van der Waals surface area contributed by atoms with E-state index >= 15 is 0 Å². The van der Waals surface area contributed by atoms with Crippen LogP contribution in [0.25, 0.3) is 16.8 Å². The van der Waals surface area contributed by atoms with Crippen molar-refractivity contribution in [2.45, 2.75) is 20.0 Å². The van der Waals surface area contributed by atoms with Crippen molar-refractivity contribution in [1.29, 1.82) is 0 Å². The first-order valence-electron chi connectivity index (χ1n) is 34.3. The minimum absolute atomic E-state index is 0. The SMILES string of the molecule is Cc1nc2ccc(-c3ccc(N)nc3)cn2c1Cc1ccccc1OC(F)F.[Pd].c1ccc(P(c2ccccc2)c2ccccc2)cc1.c1ccc(P(c2ccccc2)c2ccccc2)cc1.c1ccc(P(c2ccccc2)c2ccccc2)cc1.c1ccc(P(c2ccccc2)c2ccccc2)cc1. The van der Waals surface area contributed by atoms with Crippen molar-refractivity contribution in [2.75, 3.05) is 5.73 Å². The van der Waals surface area contributed by atoms with Crippen LogP contribution in [0.2, 0.25) is 0 Å². The number of benzene rings is 13. The number of para-hydroxylation sites is 1. The van der Waals surface area contributed by atoms with E-state index in [1.807, 2.05) is 35.7 Å². The molecule has 3 heterocycles. The topological polar surface area (TPSA) is 65.4 Å². The maximum absolute atomic E-state index is 12.7. The number of pyridine rings is 2. The molecule has 13 aromatic carbocycles. The first-order chi connectivity index (χ1) is 51.3. The van der Waals surface area contributed by atoms with Gasteiger partial charge in [-0.1, -0.05) is 382 Å². The number of alkyl halides is 2. The smallest absolute Gasteiger partial charge is 0.387 e. The van der Waals surface area contributed by atoms with Crippen molar-refractivity contribution < 1.29 is 33.9 Å². The van der Waals surface area contributed by atoms with Gasteiger partial charge in [-0.3, -0.25) is 0 Å². The first-order valence-corrected chi connectivity index (χ1v) is 39.7. The number of rotatable bonds is 17. The third-order valence-electron chi connectivity index (χ3n) is 16.8. The van der Waals surface area contributed by atoms with Crippen molar-refractivity contribution >= 4 is 107 Å². The molecule has 0 saturated heterocycles. The molecule has 12 heteroatoms. The number of nitrogens with two attached hydrogens (primary N) is 1. The van der Waals surface area contributed by atoms with Crippen LogP contribution in [0.1, 0.15) is 17.0 Å². The van der Waals surface area contributed by atoms with E-state index in [1.165, 1.54) is 63.7 Å². The molecule has 0 radical (unpaired) electrons. The summed E-state index contributed by atoms with van der Waals surface area (Å²) in [5.74, 6) is 0.630. The summed E-state index contributed by atoms with van der Waals surface area (Å²) in [7, 11) is -1.78. The predicted molar refractivity (Wildman–Crippen MR) is 444 cm³/mol. The molecular formula is C93H78F2N4OP4Pd. The molecule has 520 valence electrons. The number of ether oxygens (including phenoxy) is 1. The number of nitrogen functional groups attached to an aromatic ring is 1. The molecule has 0 saturated carbocycles. The maximum Gasteiger partial charge on any atom is 0.387 e. The number of imidazole rings is 1. The van der Waals surface area contributed by atoms with Crippen LogP contribution in [0.3, 0.4) is 0 Å². The van der Waals surface area contributed by atoms with Gasteiger partial charge >= 0.3 is 6.61 Å². The van der Waals surface area contributed by atoms with E-state index in [2.05, 4.69) is 379 Å². The number of anilines is 1. The summed E-state index contributed by atoms with van der Waals surface area (Å²) in [5, 5.41) is 16.8. The molecule has 3 aromatic heterocycles. The molecule has 16 rings (SSSR count). The van der Waals surface area contributed by atoms with Crippen molar-refractivity contribution in [2.24, 2.45) is 0 Å². The number of hydrogen-bond donors (Lipinski definition) is 1. The Kier molecular flexibility index (Phi) is 28.8. The van der Waals surface area contributed by atoms with Crippen LogP contribution in [-0.2, 0) is 26.8 Å². The summed E-state index contributed by atoms with van der Waals surface area (Å²) in [6.07, 6.45) is 4.10. The molecule has 0 aliphatic rings. The Hall–Kier alpha value is -10.5. The number of aryl methyl sites for hydroxylation is 1. The largest absolute Gasteiger partial charge is 0.435 e. The Morgan fingerprint density at radius 3 is 0.819 bits per heavy atom. The first kappa shape index (κ1) is 75.7. The fourth-order valence-corrected chi connectivity index (χ4v) is 21.1. The Labute approximate surface area is 634 Å². The fourth-order valence-electron chi connectivity index (χ4n) is 11.9. The zero-order valence-electron chi connectivity index (χ0n) is 57.9. The summed E-state index contributed by atoms with van der Waals surface area (Å²) >= 11 is 0. The fraction of sp³-hybridized carbons (Fsp3) is 0.0323. The molecule has 0 aliphatic carbocycles. The average molecular weight is 1540 g/mol. The van der Waals surface area contributed by atoms with Crippen LogP contribution < -0.4 is 74.1 Å². The van der Waals surface area contributed by atoms with Crippen LogP contribution in [0, 0.1) is 6.92 Å². The minimum atomic E-state index is -2.87. The van der Waals surface area contributed by atoms with E-state index < -0.39 is 38.3 Å². The van der Waals surface area contributed by atoms with Crippen LogP contribution >= 0.6 is 31.7 Å². The van der Waals surface area contributed by atoms with Crippen molar-refractivity contribution in [3.8, 4) is 16.9 Å². The molecule has 0 amide bonds. The summed E-state index contributed by atoms with van der Waals surface area (Å²) < 4.78 is 32.1. The second-order valence-electron chi connectivity index (χ2n) is 23.8. The standard InChI is InChI=1S/C21H18F2N4O.4C18H15P.Pd/c1-13-17(10-14-4-2-3-5-18(14)28-21(22)23)27-12-16(7-9-20(27)26-13)15-6-8-19(24)25-11-15;4*1-4-10-16(11-5-1)19(17-12-6-2-7-13-17)18-14-8-3-9-15-18;/h2-9,11-12,21H,10H2,1H3,(H2,24,25);4*1-15H;. The van der Waals surface area contributed by atoms with Gasteiger partial charge in [-0.15, -0.1) is 0 Å². The summed E-state index contributed by atoms with van der Waals surface area (Å²) in [6, 6.07) is 144. The summed E-state index contributed by atoms with van der Waals surface area (Å²) in [4.78, 5) is 8.72. The second-order valence-corrected chi connectivity index (χ2v) is 32.7. The molecule has 105 heavy (non-hydrogen) atoms. The van der Waals surface area contributed by atoms with Crippen molar-refractivity contribution in [3.63, 3.8) is 0 Å². The van der Waals surface area contributed by atoms with E-state index in [9.17, 15) is 8.78 Å². The maximum atomic E-state index is 12.7. The molecule has 0 fully saturated rings. The van der Waals surface area contributed by atoms with Crippen molar-refractivity contribution in [3.05, 3.63) is 442 Å². The molecule has 0 bridgehead atoms. The van der Waals surface area contributed by atoms with Gasteiger partial charge in [-0.2, -0.15) is 8.78 Å². The van der Waals surface area contributed by atoms with Gasteiger partial charge in [0.15, 0.2) is 0 Å². The van der Waals surface area contributed by atoms with E-state index in [0.29, 0.717) is 17.8 Å². The minimum Gasteiger partial charge on any atom is -0.435 e. The molecule has 0 aliphatic heterocycles. The molecule has 0 atom stereocenters. The number of aromatic nitrogens is 3. The Bertz CT molecular complexity index is 4270. The van der Waals surface area contributed by atoms with Crippen LogP contribution in [0.4, 0.5) is 14.6 Å². The summed E-state index contributed by atoms with van der Waals surface area (Å²) in [6.45, 7) is -0.961. The van der Waals surface area contributed by atoms with E-state index in [-0.39, 0.29) is 26.2 Å². The Morgan fingerprint density at radius 2 is 0.571 bits per heavy atom. The predicted octanol–water partition coefficient (Wildman–Crippen LogP) is 18.3. The van der Waals surface area contributed by atoms with E-state index in [1.54, 1.807) is 36.5 Å². The van der Waals surface area contributed by atoms with Gasteiger partial charge in [0.2, 0.25) is 0 Å². The zero-order chi connectivity index (χ0) is 71.3. The van der Waals surface area contributed by atoms with E-state index in [0.717, 1.165) is 28.2 Å². The number of fused-ring (bicyclic) bond motifs is 1. The van der Waals surface area contributed by atoms with Crippen LogP contribution in [-0.4, -0.2) is 21.0 Å². The third-order valence-corrected chi connectivity index (χ3v) is 26.5. The van der Waals surface area contributed by atoms with Gasteiger partial charge in [0.25, 0.3) is 0 Å². The number of halogens is 2. The van der Waals surface area contributed by atoms with Gasteiger partial charge in [0.1, 0.15) is 17.2 Å². The van der Waals surface area contributed by atoms with Gasteiger partial charge in [0.05, 0.1) is 5.69 Å². The van der Waals surface area contributed by atoms with Gasteiger partial charge < -0.3 is 14.9 Å². The molecule has 0 unspecified atom stereocenters. The summed E-state index contributed by atoms with van der Waals surface area (Å²) in [5.41, 5.74) is 10.7. The van der Waals surface area contributed by atoms with Crippen molar-refractivity contribution in [1.82, 2.24) is 14.4 Å². The molecular weight excluding hydrogens is 1460 g/mol. The Balaban J connectivity index is 0.000000132. The van der Waals surface area contributed by atoms with Crippen LogP contribution in [0.15, 0.2) is 425 Å². The van der Waals surface area contributed by atoms with Gasteiger partial charge in [-0.25, -0.2) is 9.97 Å². The third kappa shape index (κ3) is 21.4. The normalized spacial score (nSPS) is 10.7.